The van der Waals surface area contributed by atoms with Crippen molar-refractivity contribution in [2.75, 3.05) is 7.05 Å². The first kappa shape index (κ1) is 15.7. The lowest BCUT2D eigenvalue weighted by molar-refractivity contribution is 0.458. The van der Waals surface area contributed by atoms with Gasteiger partial charge >= 0.3 is 0 Å². The van der Waals surface area contributed by atoms with Gasteiger partial charge in [0.25, 0.3) is 10.0 Å². The standard InChI is InChI=1S/C12H10Cl2FNO2S2/c1-16(7-8-9(13)3-2-4-10(8)15)20(17,18)12-6-5-11(14)19-12/h2-6H,7H2,1H3. The molecule has 0 aliphatic heterocycles. The van der Waals surface area contributed by atoms with Gasteiger partial charge in [0.05, 0.1) is 4.34 Å². The molecular formula is C12H10Cl2FNO2S2. The molecule has 1 heterocycles. The van der Waals surface area contributed by atoms with Crippen LogP contribution in [-0.2, 0) is 16.6 Å². The van der Waals surface area contributed by atoms with Crippen LogP contribution in [0.3, 0.4) is 0 Å². The second-order valence-corrected chi connectivity index (χ2v) is 8.41. The number of rotatable bonds is 4. The third kappa shape index (κ3) is 3.15. The Morgan fingerprint density at radius 2 is 1.95 bits per heavy atom. The maximum absolute atomic E-state index is 13.7. The Kier molecular flexibility index (Phi) is 4.71. The lowest BCUT2D eigenvalue weighted by Gasteiger charge is -2.17. The summed E-state index contributed by atoms with van der Waals surface area (Å²) in [4.78, 5) is 0. The molecule has 1 aromatic heterocycles. The van der Waals surface area contributed by atoms with Gasteiger partial charge in [0.1, 0.15) is 10.0 Å². The Bertz CT molecular complexity index is 711. The van der Waals surface area contributed by atoms with Gasteiger partial charge in [-0.1, -0.05) is 29.3 Å². The van der Waals surface area contributed by atoms with Crippen LogP contribution >= 0.6 is 34.5 Å². The first-order valence-electron chi connectivity index (χ1n) is 5.47. The molecule has 108 valence electrons. The van der Waals surface area contributed by atoms with Crippen molar-refractivity contribution in [2.24, 2.45) is 0 Å². The monoisotopic (exact) mass is 353 g/mol. The van der Waals surface area contributed by atoms with Crippen LogP contribution in [0.25, 0.3) is 0 Å². The average molecular weight is 354 g/mol. The maximum atomic E-state index is 13.7. The number of benzene rings is 1. The van der Waals surface area contributed by atoms with Crippen LogP contribution in [0.15, 0.2) is 34.5 Å². The van der Waals surface area contributed by atoms with Crippen molar-refractivity contribution < 1.29 is 12.8 Å². The SMILES string of the molecule is CN(Cc1c(F)cccc1Cl)S(=O)(=O)c1ccc(Cl)s1. The van der Waals surface area contributed by atoms with Crippen LogP contribution in [-0.4, -0.2) is 19.8 Å². The molecule has 0 amide bonds. The summed E-state index contributed by atoms with van der Waals surface area (Å²) in [5.41, 5.74) is 0.142. The van der Waals surface area contributed by atoms with E-state index in [0.29, 0.717) is 4.34 Å². The van der Waals surface area contributed by atoms with Gasteiger partial charge in [-0.3, -0.25) is 0 Å². The van der Waals surface area contributed by atoms with E-state index in [4.69, 9.17) is 23.2 Å². The minimum absolute atomic E-state index is 0.109. The number of thiophene rings is 1. The van der Waals surface area contributed by atoms with E-state index in [0.717, 1.165) is 15.6 Å². The topological polar surface area (TPSA) is 37.4 Å². The fourth-order valence-electron chi connectivity index (χ4n) is 1.58. The van der Waals surface area contributed by atoms with Gasteiger partial charge in [0.2, 0.25) is 0 Å². The van der Waals surface area contributed by atoms with Gasteiger partial charge in [0.15, 0.2) is 0 Å². The van der Waals surface area contributed by atoms with Crippen molar-refractivity contribution in [2.45, 2.75) is 10.8 Å². The maximum Gasteiger partial charge on any atom is 0.252 e. The second-order valence-electron chi connectivity index (χ2n) is 4.02. The van der Waals surface area contributed by atoms with E-state index >= 15 is 0 Å². The fourth-order valence-corrected chi connectivity index (χ4v) is 4.64. The molecule has 0 unspecified atom stereocenters. The van der Waals surface area contributed by atoms with Crippen LogP contribution in [0, 0.1) is 5.82 Å². The quantitative estimate of drug-likeness (QED) is 0.832. The Balaban J connectivity index is 2.30. The van der Waals surface area contributed by atoms with Crippen molar-refractivity contribution in [3.63, 3.8) is 0 Å². The number of halogens is 3. The van der Waals surface area contributed by atoms with Gasteiger partial charge in [-0.05, 0) is 24.3 Å². The van der Waals surface area contributed by atoms with Crippen LogP contribution in [0.2, 0.25) is 9.36 Å². The molecule has 0 aliphatic rings. The molecule has 8 heteroatoms. The zero-order valence-corrected chi connectivity index (χ0v) is 13.5. The zero-order valence-electron chi connectivity index (χ0n) is 10.3. The largest absolute Gasteiger partial charge is 0.252 e. The van der Waals surface area contributed by atoms with Crippen molar-refractivity contribution in [1.29, 1.82) is 0 Å². The summed E-state index contributed by atoms with van der Waals surface area (Å²) in [5.74, 6) is -0.538. The summed E-state index contributed by atoms with van der Waals surface area (Å²) < 4.78 is 39.8. The molecule has 0 fully saturated rings. The normalized spacial score (nSPS) is 12.1. The summed E-state index contributed by atoms with van der Waals surface area (Å²) in [7, 11) is -2.34. The molecule has 2 aromatic rings. The Morgan fingerprint density at radius 1 is 1.25 bits per heavy atom. The summed E-state index contributed by atoms with van der Waals surface area (Å²) in [5, 5.41) is 0.191. The van der Waals surface area contributed by atoms with E-state index in [1.54, 1.807) is 0 Å². The predicted octanol–water partition coefficient (Wildman–Crippen LogP) is 4.01. The van der Waals surface area contributed by atoms with Gasteiger partial charge in [-0.15, -0.1) is 11.3 Å². The molecule has 0 atom stereocenters. The molecule has 2 rings (SSSR count). The molecule has 0 saturated heterocycles. The molecular weight excluding hydrogens is 344 g/mol. The zero-order chi connectivity index (χ0) is 14.9. The molecule has 0 aliphatic carbocycles. The molecule has 0 saturated carbocycles. The fraction of sp³-hybridized carbons (Fsp3) is 0.167. The van der Waals surface area contributed by atoms with E-state index in [2.05, 4.69) is 0 Å². The average Bonchev–Trinajstić information content (AvgIpc) is 2.81. The number of hydrogen-bond donors (Lipinski definition) is 0. The van der Waals surface area contributed by atoms with E-state index < -0.39 is 15.8 Å². The highest BCUT2D eigenvalue weighted by Gasteiger charge is 2.24. The lowest BCUT2D eigenvalue weighted by atomic mass is 10.2. The van der Waals surface area contributed by atoms with Crippen LogP contribution in [0.4, 0.5) is 4.39 Å². The molecule has 0 bridgehead atoms. The third-order valence-corrected chi connectivity index (χ3v) is 6.51. The molecule has 0 radical (unpaired) electrons. The highest BCUT2D eigenvalue weighted by molar-refractivity contribution is 7.91. The highest BCUT2D eigenvalue weighted by Crippen LogP contribution is 2.29. The Hall–Kier alpha value is -0.660. The highest BCUT2D eigenvalue weighted by atomic mass is 35.5. The third-order valence-electron chi connectivity index (χ3n) is 2.66. The molecule has 0 spiro atoms. The molecule has 1 aromatic carbocycles. The lowest BCUT2D eigenvalue weighted by Crippen LogP contribution is -2.26. The van der Waals surface area contributed by atoms with Gasteiger partial charge in [-0.2, -0.15) is 4.31 Å². The molecule has 20 heavy (non-hydrogen) atoms. The van der Waals surface area contributed by atoms with Crippen molar-refractivity contribution in [3.8, 4) is 0 Å². The van der Waals surface area contributed by atoms with E-state index in [1.807, 2.05) is 0 Å². The van der Waals surface area contributed by atoms with E-state index in [-0.39, 0.29) is 21.3 Å². The second kappa shape index (κ2) is 5.99. The molecule has 3 nitrogen and oxygen atoms in total. The van der Waals surface area contributed by atoms with Crippen LogP contribution in [0.1, 0.15) is 5.56 Å². The number of hydrogen-bond acceptors (Lipinski definition) is 3. The van der Waals surface area contributed by atoms with Crippen molar-refractivity contribution in [1.82, 2.24) is 4.31 Å². The van der Waals surface area contributed by atoms with E-state index in [9.17, 15) is 12.8 Å². The van der Waals surface area contributed by atoms with Crippen LogP contribution < -0.4 is 0 Å². The van der Waals surface area contributed by atoms with Crippen molar-refractivity contribution >= 4 is 44.6 Å². The Morgan fingerprint density at radius 3 is 2.50 bits per heavy atom. The summed E-state index contributed by atoms with van der Waals surface area (Å²) in [6.45, 7) is -0.149. The molecule has 0 N–H and O–H groups in total. The summed E-state index contributed by atoms with van der Waals surface area (Å²) in [6, 6.07) is 7.14. The summed E-state index contributed by atoms with van der Waals surface area (Å²) in [6.07, 6.45) is 0. The smallest absolute Gasteiger partial charge is 0.207 e. The van der Waals surface area contributed by atoms with Crippen LogP contribution in [0.5, 0.6) is 0 Å². The van der Waals surface area contributed by atoms with Crippen molar-refractivity contribution in [3.05, 3.63) is 51.1 Å². The van der Waals surface area contributed by atoms with Gasteiger partial charge in [-0.25, -0.2) is 12.8 Å². The first-order valence-corrected chi connectivity index (χ1v) is 8.48. The number of nitrogens with zero attached hydrogens (tertiary/aromatic N) is 1. The minimum atomic E-state index is -3.71. The minimum Gasteiger partial charge on any atom is -0.207 e. The van der Waals surface area contributed by atoms with E-state index in [1.165, 1.54) is 37.4 Å². The predicted molar refractivity (Wildman–Crippen MR) is 79.4 cm³/mol. The van der Waals surface area contributed by atoms with Gasteiger partial charge < -0.3 is 0 Å². The first-order chi connectivity index (χ1) is 9.32. The number of sulfonamides is 1. The summed E-state index contributed by atoms with van der Waals surface area (Å²) >= 11 is 12.6. The Labute approximate surface area is 130 Å². The van der Waals surface area contributed by atoms with Gasteiger partial charge in [0, 0.05) is 24.2 Å².